The van der Waals surface area contributed by atoms with E-state index in [1.165, 1.54) is 6.08 Å². The molecule has 2 heterocycles. The lowest BCUT2D eigenvalue weighted by atomic mass is 10.1. The third-order valence-corrected chi connectivity index (χ3v) is 4.53. The molecule has 144 valence electrons. The zero-order valence-corrected chi connectivity index (χ0v) is 16.3. The summed E-state index contributed by atoms with van der Waals surface area (Å²) < 4.78 is 13.3. The Balaban J connectivity index is 1.39. The molecule has 0 radical (unpaired) electrons. The minimum Gasteiger partial charge on any atom is -0.486 e. The van der Waals surface area contributed by atoms with Crippen LogP contribution in [0.3, 0.4) is 0 Å². The second-order valence-corrected chi connectivity index (χ2v) is 6.82. The Morgan fingerprint density at radius 1 is 1.00 bits per heavy atom. The molecule has 0 N–H and O–H groups in total. The second-order valence-electron chi connectivity index (χ2n) is 6.39. The van der Waals surface area contributed by atoms with Gasteiger partial charge in [-0.25, -0.2) is 0 Å². The van der Waals surface area contributed by atoms with Gasteiger partial charge in [0.25, 0.3) is 0 Å². The summed E-state index contributed by atoms with van der Waals surface area (Å²) in [5.41, 5.74) is 1.55. The van der Waals surface area contributed by atoms with Crippen molar-refractivity contribution in [2.24, 2.45) is 0 Å². The molecule has 4 nitrogen and oxygen atoms in total. The zero-order valence-electron chi connectivity index (χ0n) is 15.5. The lowest BCUT2D eigenvalue weighted by Gasteiger charge is -2.04. The van der Waals surface area contributed by atoms with Crippen LogP contribution in [0.1, 0.15) is 21.9 Å². The number of aromatic nitrogens is 1. The number of nitrogens with zero attached hydrogens (tertiary/aromatic N) is 1. The van der Waals surface area contributed by atoms with Crippen LogP contribution < -0.4 is 4.74 Å². The largest absolute Gasteiger partial charge is 0.486 e. The molecule has 0 saturated carbocycles. The van der Waals surface area contributed by atoms with Crippen LogP contribution in [0.4, 0.5) is 0 Å². The summed E-state index contributed by atoms with van der Waals surface area (Å²) in [4.78, 5) is 12.5. The maximum atomic E-state index is 12.5. The average molecular weight is 404 g/mol. The summed E-state index contributed by atoms with van der Waals surface area (Å²) >= 11 is 5.94. The molecule has 0 aliphatic heterocycles. The van der Waals surface area contributed by atoms with Crippen molar-refractivity contribution in [2.45, 2.75) is 6.61 Å². The molecule has 0 saturated heterocycles. The number of carbonyl (C=O) groups is 1. The Bertz CT molecular complexity index is 1140. The first kappa shape index (κ1) is 18.8. The number of furan rings is 1. The summed E-state index contributed by atoms with van der Waals surface area (Å²) in [5, 5.41) is 0.616. The van der Waals surface area contributed by atoms with Gasteiger partial charge in [-0.2, -0.15) is 0 Å². The topological polar surface area (TPSA) is 44.4 Å². The molecular weight excluding hydrogens is 386 g/mol. The van der Waals surface area contributed by atoms with E-state index in [0.717, 1.165) is 5.69 Å². The molecule has 0 atom stereocenters. The van der Waals surface area contributed by atoms with E-state index in [1.807, 2.05) is 65.5 Å². The van der Waals surface area contributed by atoms with E-state index in [9.17, 15) is 4.79 Å². The number of carbonyl (C=O) groups excluding carboxylic acids is 1. The highest BCUT2D eigenvalue weighted by Crippen LogP contribution is 2.19. The first-order chi connectivity index (χ1) is 14.2. The van der Waals surface area contributed by atoms with Crippen molar-refractivity contribution in [1.82, 2.24) is 4.57 Å². The van der Waals surface area contributed by atoms with E-state index in [2.05, 4.69) is 0 Å². The molecular formula is C24H18ClNO3. The number of rotatable bonds is 7. The van der Waals surface area contributed by atoms with E-state index >= 15 is 0 Å². The van der Waals surface area contributed by atoms with E-state index in [1.54, 1.807) is 30.3 Å². The fraction of sp³-hybridized carbons (Fsp3) is 0.0417. The van der Waals surface area contributed by atoms with Crippen LogP contribution in [0.5, 0.6) is 5.75 Å². The predicted molar refractivity (Wildman–Crippen MR) is 114 cm³/mol. The molecule has 0 spiro atoms. The van der Waals surface area contributed by atoms with Gasteiger partial charge in [0, 0.05) is 28.7 Å². The van der Waals surface area contributed by atoms with Crippen molar-refractivity contribution in [3.63, 3.8) is 0 Å². The number of benzene rings is 2. The molecule has 0 unspecified atom stereocenters. The summed E-state index contributed by atoms with van der Waals surface area (Å²) in [6.45, 7) is 0.279. The lowest BCUT2D eigenvalue weighted by Crippen LogP contribution is -1.97. The predicted octanol–water partition coefficient (Wildman–Crippen LogP) is 6.20. The highest BCUT2D eigenvalue weighted by atomic mass is 35.5. The first-order valence-electron chi connectivity index (χ1n) is 9.10. The van der Waals surface area contributed by atoms with Gasteiger partial charge in [-0.05, 0) is 66.7 Å². The van der Waals surface area contributed by atoms with E-state index in [-0.39, 0.29) is 12.4 Å². The average Bonchev–Trinajstić information content (AvgIpc) is 3.43. The standard InChI is InChI=1S/C24H18ClNO3/c25-19-6-4-8-22(16-19)28-17-23-10-9-21(29-23)11-12-24(27)18-5-3-7-20(15-18)26-13-1-2-14-26/h1-16H,17H2/b12-11+. The van der Waals surface area contributed by atoms with Crippen LogP contribution in [0.2, 0.25) is 5.02 Å². The van der Waals surface area contributed by atoms with Crippen LogP contribution in [0, 0.1) is 0 Å². The number of halogens is 1. The maximum absolute atomic E-state index is 12.5. The highest BCUT2D eigenvalue weighted by molar-refractivity contribution is 6.30. The Morgan fingerprint density at radius 3 is 2.66 bits per heavy atom. The normalized spacial score (nSPS) is 11.1. The fourth-order valence-corrected chi connectivity index (χ4v) is 3.03. The number of allylic oxidation sites excluding steroid dienone is 1. The van der Waals surface area contributed by atoms with Gasteiger partial charge in [-0.3, -0.25) is 4.79 Å². The highest BCUT2D eigenvalue weighted by Gasteiger charge is 2.06. The molecule has 29 heavy (non-hydrogen) atoms. The van der Waals surface area contributed by atoms with Crippen molar-refractivity contribution >= 4 is 23.5 Å². The molecule has 2 aromatic heterocycles. The zero-order chi connectivity index (χ0) is 20.1. The third-order valence-electron chi connectivity index (χ3n) is 4.29. The van der Waals surface area contributed by atoms with Crippen LogP contribution >= 0.6 is 11.6 Å². The van der Waals surface area contributed by atoms with Gasteiger partial charge in [0.1, 0.15) is 23.9 Å². The molecule has 0 aliphatic carbocycles. The molecule has 0 bridgehead atoms. The summed E-state index contributed by atoms with van der Waals surface area (Å²) in [6, 6.07) is 22.2. The maximum Gasteiger partial charge on any atom is 0.186 e. The monoisotopic (exact) mass is 403 g/mol. The minimum absolute atomic E-state index is 0.0906. The molecule has 0 amide bonds. The molecule has 2 aromatic carbocycles. The number of hydrogen-bond acceptors (Lipinski definition) is 3. The quantitative estimate of drug-likeness (QED) is 0.272. The minimum atomic E-state index is -0.0906. The summed E-state index contributed by atoms with van der Waals surface area (Å²) in [6.07, 6.45) is 7.05. The van der Waals surface area contributed by atoms with Gasteiger partial charge >= 0.3 is 0 Å². The van der Waals surface area contributed by atoms with E-state index in [0.29, 0.717) is 27.9 Å². The van der Waals surface area contributed by atoms with Gasteiger partial charge in [0.15, 0.2) is 5.78 Å². The van der Waals surface area contributed by atoms with E-state index < -0.39 is 0 Å². The van der Waals surface area contributed by atoms with Crippen LogP contribution in [0.15, 0.2) is 95.7 Å². The summed E-state index contributed by atoms with van der Waals surface area (Å²) in [5.74, 6) is 1.83. The fourth-order valence-electron chi connectivity index (χ4n) is 2.85. The van der Waals surface area contributed by atoms with E-state index in [4.69, 9.17) is 20.8 Å². The van der Waals surface area contributed by atoms with Crippen LogP contribution in [-0.4, -0.2) is 10.4 Å². The van der Waals surface area contributed by atoms with Crippen molar-refractivity contribution in [3.05, 3.63) is 113 Å². The smallest absolute Gasteiger partial charge is 0.186 e. The van der Waals surface area contributed by atoms with Gasteiger partial charge in [0.05, 0.1) is 0 Å². The van der Waals surface area contributed by atoms with Crippen molar-refractivity contribution in [1.29, 1.82) is 0 Å². The molecule has 0 fully saturated rings. The van der Waals surface area contributed by atoms with Crippen molar-refractivity contribution < 1.29 is 13.9 Å². The Labute approximate surface area is 173 Å². The molecule has 4 aromatic rings. The molecule has 4 rings (SSSR count). The Morgan fingerprint density at radius 2 is 1.83 bits per heavy atom. The summed E-state index contributed by atoms with van der Waals surface area (Å²) in [7, 11) is 0. The molecule has 5 heteroatoms. The van der Waals surface area contributed by atoms with Crippen LogP contribution in [-0.2, 0) is 6.61 Å². The van der Waals surface area contributed by atoms with Gasteiger partial charge in [-0.1, -0.05) is 29.8 Å². The lowest BCUT2D eigenvalue weighted by molar-refractivity contribution is 0.104. The SMILES string of the molecule is O=C(/C=C/c1ccc(COc2cccc(Cl)c2)o1)c1cccc(-n2cccc2)c1. The van der Waals surface area contributed by atoms with Gasteiger partial charge < -0.3 is 13.7 Å². The Hall–Kier alpha value is -3.50. The second kappa shape index (κ2) is 8.67. The third kappa shape index (κ3) is 4.86. The molecule has 0 aliphatic rings. The van der Waals surface area contributed by atoms with Gasteiger partial charge in [-0.15, -0.1) is 0 Å². The number of hydrogen-bond donors (Lipinski definition) is 0. The van der Waals surface area contributed by atoms with Crippen molar-refractivity contribution in [2.75, 3.05) is 0 Å². The first-order valence-corrected chi connectivity index (χ1v) is 9.48. The van der Waals surface area contributed by atoms with Gasteiger partial charge in [0.2, 0.25) is 0 Å². The number of ketones is 1. The number of ether oxygens (including phenoxy) is 1. The van der Waals surface area contributed by atoms with Crippen LogP contribution in [0.25, 0.3) is 11.8 Å². The Kier molecular flexibility index (Phi) is 5.63. The van der Waals surface area contributed by atoms with Crippen molar-refractivity contribution in [3.8, 4) is 11.4 Å².